The van der Waals surface area contributed by atoms with Crippen molar-refractivity contribution in [3.8, 4) is 0 Å². The smallest absolute Gasteiger partial charge is 0.291 e. The van der Waals surface area contributed by atoms with Crippen LogP contribution in [0, 0.1) is 5.92 Å². The van der Waals surface area contributed by atoms with E-state index in [0.717, 1.165) is 13.4 Å². The molecule has 8 heteroatoms. The Morgan fingerprint density at radius 2 is 2.00 bits per heavy atom. The third kappa shape index (κ3) is 5.92. The summed E-state index contributed by atoms with van der Waals surface area (Å²) in [5, 5.41) is 3.00. The third-order valence-corrected chi connectivity index (χ3v) is 2.79. The largest absolute Gasteiger partial charge is 0.399 e. The number of oxime groups is 1. The molecule has 102 valence electrons. The van der Waals surface area contributed by atoms with Gasteiger partial charge >= 0.3 is 0 Å². The van der Waals surface area contributed by atoms with E-state index in [-0.39, 0.29) is 6.42 Å². The average Bonchev–Trinajstić information content (AvgIpc) is 2.20. The zero-order valence-corrected chi connectivity index (χ0v) is 11.0. The minimum atomic E-state index is -3.77. The van der Waals surface area contributed by atoms with Gasteiger partial charge in [-0.15, -0.1) is 0 Å². The highest BCUT2D eigenvalue weighted by Gasteiger charge is 2.41. The molecule has 0 aliphatic carbocycles. The van der Waals surface area contributed by atoms with E-state index in [1.807, 2.05) is 0 Å². The molecule has 0 aromatic rings. The molecular formula is C9H17F2NO4S. The van der Waals surface area contributed by atoms with E-state index in [1.54, 1.807) is 6.92 Å². The Labute approximate surface area is 99.9 Å². The summed E-state index contributed by atoms with van der Waals surface area (Å²) in [7, 11) is -2.63. The molecule has 0 aliphatic rings. The highest BCUT2D eigenvalue weighted by molar-refractivity contribution is 7.86. The normalized spacial score (nSPS) is 17.1. The molecule has 0 saturated carbocycles. The summed E-state index contributed by atoms with van der Waals surface area (Å²) in [6.07, 6.45) is 0.198. The van der Waals surface area contributed by atoms with Crippen molar-refractivity contribution < 1.29 is 26.2 Å². The summed E-state index contributed by atoms with van der Waals surface area (Å²) >= 11 is 0. The lowest BCUT2D eigenvalue weighted by Crippen LogP contribution is -2.38. The fraction of sp³-hybridized carbons (Fsp3) is 0.889. The molecule has 0 aromatic heterocycles. The molecule has 0 N–H and O–H groups in total. The first-order valence-electron chi connectivity index (χ1n) is 4.97. The molecule has 0 bridgehead atoms. The number of halogens is 2. The zero-order chi connectivity index (χ0) is 13.7. The minimum Gasteiger partial charge on any atom is -0.399 e. The van der Waals surface area contributed by atoms with Gasteiger partial charge in [0.25, 0.3) is 16.0 Å². The van der Waals surface area contributed by atoms with Gasteiger partial charge in [0, 0.05) is 0 Å². The summed E-state index contributed by atoms with van der Waals surface area (Å²) in [6, 6.07) is 0. The van der Waals surface area contributed by atoms with Gasteiger partial charge in [-0.3, -0.25) is 4.18 Å². The van der Waals surface area contributed by atoms with E-state index in [9.17, 15) is 17.2 Å². The second kappa shape index (κ2) is 6.25. The quantitative estimate of drug-likeness (QED) is 0.402. The Kier molecular flexibility index (Phi) is 5.97. The summed E-state index contributed by atoms with van der Waals surface area (Å²) in [6.45, 7) is 2.76. The van der Waals surface area contributed by atoms with Gasteiger partial charge in [0.15, 0.2) is 0 Å². The molecule has 0 heterocycles. The Balaban J connectivity index is 4.85. The monoisotopic (exact) mass is 273 g/mol. The molecular weight excluding hydrogens is 256 g/mol. The molecule has 17 heavy (non-hydrogen) atoms. The number of nitrogens with zero attached hydrogens (tertiary/aromatic N) is 1. The van der Waals surface area contributed by atoms with Crippen LogP contribution in [0.25, 0.3) is 0 Å². The lowest BCUT2D eigenvalue weighted by atomic mass is 9.96. The number of hydrogen-bond acceptors (Lipinski definition) is 5. The maximum absolute atomic E-state index is 13.5. The van der Waals surface area contributed by atoms with E-state index >= 15 is 0 Å². The van der Waals surface area contributed by atoms with Crippen molar-refractivity contribution in [2.45, 2.75) is 32.3 Å². The van der Waals surface area contributed by atoms with Crippen LogP contribution in [0.15, 0.2) is 5.16 Å². The SMILES string of the molecule is CC[C@@H](OS(C)(=O)=O)[C@@H](C)C(F)(F)/C=N/OC. The first kappa shape index (κ1) is 16.2. The first-order valence-corrected chi connectivity index (χ1v) is 6.79. The maximum atomic E-state index is 13.5. The van der Waals surface area contributed by atoms with Gasteiger partial charge in [0.1, 0.15) is 13.3 Å². The van der Waals surface area contributed by atoms with Gasteiger partial charge in [-0.2, -0.15) is 17.2 Å². The average molecular weight is 273 g/mol. The summed E-state index contributed by atoms with van der Waals surface area (Å²) < 4.78 is 53.5. The van der Waals surface area contributed by atoms with Crippen molar-refractivity contribution in [2.24, 2.45) is 11.1 Å². The van der Waals surface area contributed by atoms with Gasteiger partial charge in [-0.1, -0.05) is 19.0 Å². The van der Waals surface area contributed by atoms with Crippen molar-refractivity contribution in [2.75, 3.05) is 13.4 Å². The van der Waals surface area contributed by atoms with Crippen LogP contribution in [-0.4, -0.2) is 40.0 Å². The molecule has 0 amide bonds. The second-order valence-corrected chi connectivity index (χ2v) is 5.23. The van der Waals surface area contributed by atoms with Gasteiger partial charge in [0.05, 0.1) is 18.3 Å². The van der Waals surface area contributed by atoms with Crippen LogP contribution in [0.2, 0.25) is 0 Å². The van der Waals surface area contributed by atoms with E-state index in [0.29, 0.717) is 6.21 Å². The molecule has 0 spiro atoms. The molecule has 5 nitrogen and oxygen atoms in total. The van der Waals surface area contributed by atoms with Crippen LogP contribution >= 0.6 is 0 Å². The summed E-state index contributed by atoms with van der Waals surface area (Å²) in [5.74, 6) is -4.64. The molecule has 0 aromatic carbocycles. The summed E-state index contributed by atoms with van der Waals surface area (Å²) in [4.78, 5) is 4.17. The summed E-state index contributed by atoms with van der Waals surface area (Å²) in [5.41, 5.74) is 0. The van der Waals surface area contributed by atoms with Crippen molar-refractivity contribution in [3.05, 3.63) is 0 Å². The molecule has 2 atom stereocenters. The van der Waals surface area contributed by atoms with Crippen LogP contribution in [0.4, 0.5) is 8.78 Å². The van der Waals surface area contributed by atoms with Gasteiger partial charge < -0.3 is 4.84 Å². The fourth-order valence-corrected chi connectivity index (χ4v) is 1.97. The van der Waals surface area contributed by atoms with E-state index < -0.39 is 28.1 Å². The van der Waals surface area contributed by atoms with Crippen LogP contribution < -0.4 is 0 Å². The Hall–Kier alpha value is -0.760. The lowest BCUT2D eigenvalue weighted by Gasteiger charge is -2.26. The second-order valence-electron chi connectivity index (χ2n) is 3.63. The van der Waals surface area contributed by atoms with Crippen LogP contribution in [0.3, 0.4) is 0 Å². The van der Waals surface area contributed by atoms with Gasteiger partial charge in [-0.25, -0.2) is 0 Å². The highest BCUT2D eigenvalue weighted by atomic mass is 32.2. The van der Waals surface area contributed by atoms with Crippen molar-refractivity contribution in [1.29, 1.82) is 0 Å². The van der Waals surface area contributed by atoms with Gasteiger partial charge in [0.2, 0.25) is 0 Å². The zero-order valence-electron chi connectivity index (χ0n) is 10.2. The predicted octanol–water partition coefficient (Wildman–Crippen LogP) is 1.64. The highest BCUT2D eigenvalue weighted by Crippen LogP contribution is 2.29. The third-order valence-electron chi connectivity index (χ3n) is 2.20. The van der Waals surface area contributed by atoms with Crippen molar-refractivity contribution in [1.82, 2.24) is 0 Å². The fourth-order valence-electron chi connectivity index (χ4n) is 1.22. The Morgan fingerprint density at radius 3 is 2.35 bits per heavy atom. The van der Waals surface area contributed by atoms with E-state index in [2.05, 4.69) is 14.2 Å². The van der Waals surface area contributed by atoms with Crippen LogP contribution in [0.5, 0.6) is 0 Å². The molecule has 0 radical (unpaired) electrons. The lowest BCUT2D eigenvalue weighted by molar-refractivity contribution is -0.0305. The molecule has 0 rings (SSSR count). The number of alkyl halides is 2. The maximum Gasteiger partial charge on any atom is 0.291 e. The standard InChI is InChI=1S/C9H17F2NO4S/c1-5-8(16-17(4,13)14)7(2)9(10,11)6-12-15-3/h6-8H,5H2,1-4H3/b12-6+/t7-,8-/m1/s1. The number of hydrogen-bond donors (Lipinski definition) is 0. The van der Waals surface area contributed by atoms with Crippen LogP contribution in [-0.2, 0) is 19.1 Å². The number of rotatable bonds is 7. The van der Waals surface area contributed by atoms with Crippen LogP contribution in [0.1, 0.15) is 20.3 Å². The molecule has 0 unspecified atom stereocenters. The van der Waals surface area contributed by atoms with E-state index in [1.165, 1.54) is 6.92 Å². The van der Waals surface area contributed by atoms with Crippen molar-refractivity contribution in [3.63, 3.8) is 0 Å². The Morgan fingerprint density at radius 1 is 1.47 bits per heavy atom. The minimum absolute atomic E-state index is 0.144. The predicted molar refractivity (Wildman–Crippen MR) is 59.6 cm³/mol. The van der Waals surface area contributed by atoms with Gasteiger partial charge in [-0.05, 0) is 6.42 Å². The van der Waals surface area contributed by atoms with E-state index in [4.69, 9.17) is 0 Å². The first-order chi connectivity index (χ1) is 7.64. The molecule has 0 saturated heterocycles. The topological polar surface area (TPSA) is 65.0 Å². The molecule has 0 aliphatic heterocycles. The molecule has 0 fully saturated rings. The van der Waals surface area contributed by atoms with Crippen molar-refractivity contribution >= 4 is 16.3 Å². The Bertz CT molecular complexity index is 356.